The number of rotatable bonds is 4. The summed E-state index contributed by atoms with van der Waals surface area (Å²) in [6.45, 7) is 0. The molecule has 2 heterocycles. The van der Waals surface area contributed by atoms with E-state index >= 15 is 0 Å². The van der Waals surface area contributed by atoms with Crippen molar-refractivity contribution in [1.82, 2.24) is 25.1 Å². The predicted molar refractivity (Wildman–Crippen MR) is 96.7 cm³/mol. The summed E-state index contributed by atoms with van der Waals surface area (Å²) in [4.78, 5) is 16.3. The topological polar surface area (TPSA) is 98.7 Å². The molecule has 10 heteroatoms. The Balaban J connectivity index is 1.52. The zero-order valence-electron chi connectivity index (χ0n) is 13.5. The van der Waals surface area contributed by atoms with Crippen LogP contribution in [0.15, 0.2) is 63.7 Å². The fraction of sp³-hybridized carbons (Fsp3) is 0. The first-order valence-corrected chi connectivity index (χ1v) is 8.47. The van der Waals surface area contributed by atoms with E-state index in [1.54, 1.807) is 36.5 Å². The van der Waals surface area contributed by atoms with Gasteiger partial charge in [-0.25, -0.2) is 9.07 Å². The normalized spacial score (nSPS) is 10.7. The minimum Gasteiger partial charge on any atom is -0.328 e. The molecule has 8 nitrogen and oxygen atoms in total. The molecule has 0 radical (unpaired) electrons. The second-order valence-corrected chi connectivity index (χ2v) is 6.33. The third kappa shape index (κ3) is 3.75. The number of carbonyl (C=O) groups excluding carboxylic acids is 1. The van der Waals surface area contributed by atoms with Crippen molar-refractivity contribution in [2.75, 3.05) is 5.32 Å². The van der Waals surface area contributed by atoms with E-state index in [9.17, 15) is 9.18 Å². The Morgan fingerprint density at radius 3 is 2.78 bits per heavy atom. The summed E-state index contributed by atoms with van der Waals surface area (Å²) in [6, 6.07) is 12.8. The molecule has 0 unspecified atom stereocenters. The lowest BCUT2D eigenvalue weighted by molar-refractivity contribution is 0.0981. The van der Waals surface area contributed by atoms with Crippen molar-refractivity contribution in [2.45, 2.75) is 0 Å². The zero-order chi connectivity index (χ0) is 18.8. The summed E-state index contributed by atoms with van der Waals surface area (Å²) in [7, 11) is 0. The van der Waals surface area contributed by atoms with Crippen LogP contribution in [0, 0.1) is 5.82 Å². The Morgan fingerprint density at radius 1 is 1.19 bits per heavy atom. The molecule has 1 amide bonds. The maximum atomic E-state index is 13.0. The summed E-state index contributed by atoms with van der Waals surface area (Å²) in [5.41, 5.74) is 1.51. The van der Waals surface area contributed by atoms with E-state index < -0.39 is 5.91 Å². The van der Waals surface area contributed by atoms with Crippen molar-refractivity contribution >= 4 is 27.5 Å². The van der Waals surface area contributed by atoms with Crippen molar-refractivity contribution in [3.63, 3.8) is 0 Å². The van der Waals surface area contributed by atoms with Gasteiger partial charge in [-0.05, 0) is 42.5 Å². The van der Waals surface area contributed by atoms with Gasteiger partial charge >= 0.3 is 11.8 Å². The molecule has 0 fully saturated rings. The summed E-state index contributed by atoms with van der Waals surface area (Å²) < 4.78 is 20.3. The van der Waals surface area contributed by atoms with E-state index in [1.165, 1.54) is 16.8 Å². The second kappa shape index (κ2) is 7.08. The summed E-state index contributed by atoms with van der Waals surface area (Å²) in [5, 5.41) is 14.3. The molecule has 0 saturated heterocycles. The van der Waals surface area contributed by atoms with Crippen LogP contribution in [-0.2, 0) is 0 Å². The molecular weight excluding hydrogens is 419 g/mol. The summed E-state index contributed by atoms with van der Waals surface area (Å²) in [6.07, 6.45) is 1.55. The third-order valence-corrected chi connectivity index (χ3v) is 4.01. The number of aromatic nitrogens is 5. The number of anilines is 1. The molecular formula is C17H10BrFN6O2. The van der Waals surface area contributed by atoms with Crippen LogP contribution in [0.5, 0.6) is 0 Å². The third-order valence-electron chi connectivity index (χ3n) is 3.52. The molecule has 0 aliphatic rings. The minimum atomic E-state index is -0.544. The van der Waals surface area contributed by atoms with E-state index in [-0.39, 0.29) is 17.5 Å². The lowest BCUT2D eigenvalue weighted by atomic mass is 10.3. The fourth-order valence-electron chi connectivity index (χ4n) is 2.26. The Morgan fingerprint density at radius 2 is 2.00 bits per heavy atom. The maximum Gasteiger partial charge on any atom is 0.316 e. The smallest absolute Gasteiger partial charge is 0.316 e. The van der Waals surface area contributed by atoms with Crippen LogP contribution in [0.3, 0.4) is 0 Å². The molecule has 0 atom stereocenters. The van der Waals surface area contributed by atoms with Crippen LogP contribution in [0.1, 0.15) is 10.7 Å². The quantitative estimate of drug-likeness (QED) is 0.534. The fourth-order valence-corrected chi connectivity index (χ4v) is 2.66. The van der Waals surface area contributed by atoms with Crippen molar-refractivity contribution in [3.05, 3.63) is 70.9 Å². The van der Waals surface area contributed by atoms with Crippen LogP contribution in [0.4, 0.5) is 10.1 Å². The number of carbonyl (C=O) groups is 1. The average molecular weight is 429 g/mol. The standard InChI is InChI=1S/C17H10BrFN6O2/c18-10-2-1-3-12(8-10)20-16(26)17-21-15(23-27-17)14-9-25(24-22-14)13-6-4-11(19)5-7-13/h1-9H,(H,20,26). The number of hydrogen-bond donors (Lipinski definition) is 1. The lowest BCUT2D eigenvalue weighted by Gasteiger charge is -2.01. The molecule has 0 bridgehead atoms. The SMILES string of the molecule is O=C(Nc1cccc(Br)c1)c1nc(-c2cn(-c3ccc(F)cc3)nn2)no1. The van der Waals surface area contributed by atoms with E-state index in [1.807, 2.05) is 6.07 Å². The molecule has 1 N–H and O–H groups in total. The first kappa shape index (κ1) is 17.0. The van der Waals surface area contributed by atoms with E-state index in [0.29, 0.717) is 17.1 Å². The minimum absolute atomic E-state index is 0.114. The number of nitrogens with zero attached hydrogens (tertiary/aromatic N) is 5. The number of nitrogens with one attached hydrogen (secondary N) is 1. The van der Waals surface area contributed by atoms with Crippen LogP contribution < -0.4 is 5.32 Å². The largest absolute Gasteiger partial charge is 0.328 e. The molecule has 0 aliphatic heterocycles. The van der Waals surface area contributed by atoms with Gasteiger partial charge in [-0.2, -0.15) is 4.98 Å². The van der Waals surface area contributed by atoms with Crippen LogP contribution >= 0.6 is 15.9 Å². The van der Waals surface area contributed by atoms with Crippen LogP contribution in [0.25, 0.3) is 17.2 Å². The number of hydrogen-bond acceptors (Lipinski definition) is 6. The van der Waals surface area contributed by atoms with Crippen molar-refractivity contribution in [3.8, 4) is 17.2 Å². The highest BCUT2D eigenvalue weighted by Gasteiger charge is 2.18. The van der Waals surface area contributed by atoms with Gasteiger partial charge in [0.2, 0.25) is 5.82 Å². The van der Waals surface area contributed by atoms with Crippen molar-refractivity contribution in [2.24, 2.45) is 0 Å². The van der Waals surface area contributed by atoms with Crippen LogP contribution in [0.2, 0.25) is 0 Å². The molecule has 0 spiro atoms. The first-order chi connectivity index (χ1) is 13.1. The number of halogens is 2. The molecule has 27 heavy (non-hydrogen) atoms. The van der Waals surface area contributed by atoms with Crippen molar-refractivity contribution < 1.29 is 13.7 Å². The van der Waals surface area contributed by atoms with Gasteiger partial charge in [0.25, 0.3) is 0 Å². The second-order valence-electron chi connectivity index (χ2n) is 5.41. The van der Waals surface area contributed by atoms with Gasteiger partial charge < -0.3 is 9.84 Å². The first-order valence-electron chi connectivity index (χ1n) is 7.68. The Labute approximate surface area is 160 Å². The number of benzene rings is 2. The Kier molecular flexibility index (Phi) is 4.47. The molecule has 4 aromatic rings. The summed E-state index contributed by atoms with van der Waals surface area (Å²) in [5.74, 6) is -0.986. The maximum absolute atomic E-state index is 13.0. The Bertz CT molecular complexity index is 1110. The van der Waals surface area contributed by atoms with Gasteiger partial charge in [0.15, 0.2) is 5.69 Å². The van der Waals surface area contributed by atoms with Gasteiger partial charge in [0, 0.05) is 10.2 Å². The van der Waals surface area contributed by atoms with Crippen LogP contribution in [-0.4, -0.2) is 31.0 Å². The molecule has 134 valence electrons. The molecule has 2 aromatic heterocycles. The van der Waals surface area contributed by atoms with E-state index in [2.05, 4.69) is 41.7 Å². The monoisotopic (exact) mass is 428 g/mol. The predicted octanol–water partition coefficient (Wildman–Crippen LogP) is 3.47. The van der Waals surface area contributed by atoms with Crippen molar-refractivity contribution in [1.29, 1.82) is 0 Å². The Hall–Kier alpha value is -3.40. The number of amides is 1. The lowest BCUT2D eigenvalue weighted by Crippen LogP contribution is -2.12. The van der Waals surface area contributed by atoms with Gasteiger partial charge in [0.05, 0.1) is 11.9 Å². The van der Waals surface area contributed by atoms with Gasteiger partial charge in [-0.15, -0.1) is 5.10 Å². The zero-order valence-corrected chi connectivity index (χ0v) is 15.1. The van der Waals surface area contributed by atoms with E-state index in [0.717, 1.165) is 4.47 Å². The average Bonchev–Trinajstić information content (AvgIpc) is 3.32. The highest BCUT2D eigenvalue weighted by molar-refractivity contribution is 9.10. The molecule has 0 saturated carbocycles. The summed E-state index contributed by atoms with van der Waals surface area (Å²) >= 11 is 3.33. The van der Waals surface area contributed by atoms with E-state index in [4.69, 9.17) is 4.52 Å². The van der Waals surface area contributed by atoms with Gasteiger partial charge in [0.1, 0.15) is 5.82 Å². The van der Waals surface area contributed by atoms with Gasteiger partial charge in [-0.1, -0.05) is 32.4 Å². The van der Waals surface area contributed by atoms with Gasteiger partial charge in [-0.3, -0.25) is 4.79 Å². The molecule has 4 rings (SSSR count). The highest BCUT2D eigenvalue weighted by atomic mass is 79.9. The molecule has 0 aliphatic carbocycles. The molecule has 2 aromatic carbocycles. The highest BCUT2D eigenvalue weighted by Crippen LogP contribution is 2.18.